The molecule has 0 radical (unpaired) electrons. The fraction of sp³-hybridized carbons (Fsp3) is 0.800. The number of esters is 1. The van der Waals surface area contributed by atoms with Gasteiger partial charge in [-0.05, 0) is 26.3 Å². The Balaban J connectivity index is 0.00000225. The second-order valence-electron chi connectivity index (χ2n) is 3.59. The summed E-state index contributed by atoms with van der Waals surface area (Å²) in [5.74, 6) is -1.05. The Morgan fingerprint density at radius 2 is 2.19 bits per heavy atom. The van der Waals surface area contributed by atoms with Crippen molar-refractivity contribution in [2.24, 2.45) is 0 Å². The molecule has 1 N–H and O–H groups in total. The Kier molecular flexibility index (Phi) is 7.08. The number of halogens is 1. The third-order valence-corrected chi connectivity index (χ3v) is 2.56. The fourth-order valence-electron chi connectivity index (χ4n) is 1.84. The van der Waals surface area contributed by atoms with Gasteiger partial charge in [-0.15, -0.1) is 12.4 Å². The lowest BCUT2D eigenvalue weighted by Crippen LogP contribution is -2.37. The summed E-state index contributed by atoms with van der Waals surface area (Å²) in [5, 5.41) is 8.89. The van der Waals surface area contributed by atoms with Gasteiger partial charge in [0.2, 0.25) is 0 Å². The lowest BCUT2D eigenvalue weighted by molar-refractivity contribution is -0.146. The van der Waals surface area contributed by atoms with Crippen LogP contribution in [0.15, 0.2) is 0 Å². The summed E-state index contributed by atoms with van der Waals surface area (Å²) in [6, 6.07) is -0.417. The van der Waals surface area contributed by atoms with Crippen LogP contribution in [-0.2, 0) is 14.3 Å². The molecule has 0 saturated carbocycles. The summed E-state index contributed by atoms with van der Waals surface area (Å²) in [7, 11) is 0. The predicted molar refractivity (Wildman–Crippen MR) is 60.7 cm³/mol. The van der Waals surface area contributed by atoms with Crippen LogP contribution in [0.25, 0.3) is 0 Å². The molecular weight excluding hydrogens is 234 g/mol. The van der Waals surface area contributed by atoms with Gasteiger partial charge in [-0.25, -0.2) is 0 Å². The maximum atomic E-state index is 11.1. The van der Waals surface area contributed by atoms with Crippen molar-refractivity contribution in [3.63, 3.8) is 0 Å². The van der Waals surface area contributed by atoms with E-state index in [9.17, 15) is 9.59 Å². The van der Waals surface area contributed by atoms with Crippen LogP contribution in [0.5, 0.6) is 0 Å². The minimum absolute atomic E-state index is 0. The minimum atomic E-state index is -0.795. The lowest BCUT2D eigenvalue weighted by atomic mass is 10.2. The molecule has 0 aliphatic carbocycles. The first-order chi connectivity index (χ1) is 7.15. The molecule has 6 heteroatoms. The van der Waals surface area contributed by atoms with Crippen LogP contribution in [-0.4, -0.2) is 47.7 Å². The van der Waals surface area contributed by atoms with Gasteiger partial charge < -0.3 is 9.84 Å². The van der Waals surface area contributed by atoms with Gasteiger partial charge in [0, 0.05) is 6.54 Å². The summed E-state index contributed by atoms with van der Waals surface area (Å²) < 4.78 is 4.78. The SMILES string of the molecule is CCOC(=O)CCN1CCC[C@H]1C(=O)O.Cl. The first-order valence-corrected chi connectivity index (χ1v) is 5.27. The van der Waals surface area contributed by atoms with Gasteiger partial charge in [0.1, 0.15) is 6.04 Å². The van der Waals surface area contributed by atoms with Gasteiger partial charge in [0.25, 0.3) is 0 Å². The third kappa shape index (κ3) is 4.37. The van der Waals surface area contributed by atoms with Gasteiger partial charge >= 0.3 is 11.9 Å². The van der Waals surface area contributed by atoms with Crippen molar-refractivity contribution in [3.8, 4) is 0 Å². The molecular formula is C10H18ClNO4. The summed E-state index contributed by atoms with van der Waals surface area (Å²) in [4.78, 5) is 23.7. The molecule has 1 rings (SSSR count). The van der Waals surface area contributed by atoms with E-state index in [-0.39, 0.29) is 24.8 Å². The fourth-order valence-corrected chi connectivity index (χ4v) is 1.84. The Bertz CT molecular complexity index is 247. The van der Waals surface area contributed by atoms with Crippen molar-refractivity contribution in [2.75, 3.05) is 19.7 Å². The van der Waals surface area contributed by atoms with Crippen molar-refractivity contribution in [1.82, 2.24) is 4.90 Å². The Hall–Kier alpha value is -0.810. The number of rotatable bonds is 5. The standard InChI is InChI=1S/C10H17NO4.ClH/c1-2-15-9(12)5-7-11-6-3-4-8(11)10(13)14;/h8H,2-7H2,1H3,(H,13,14);1H/t8-;/m0./s1. The molecule has 1 aliphatic rings. The van der Waals surface area contributed by atoms with Gasteiger partial charge in [-0.1, -0.05) is 0 Å². The quantitative estimate of drug-likeness (QED) is 0.736. The van der Waals surface area contributed by atoms with E-state index in [1.165, 1.54) is 0 Å². The highest BCUT2D eigenvalue weighted by molar-refractivity contribution is 5.85. The maximum absolute atomic E-state index is 11.1. The second kappa shape index (κ2) is 7.46. The van der Waals surface area contributed by atoms with E-state index < -0.39 is 12.0 Å². The van der Waals surface area contributed by atoms with E-state index in [1.54, 1.807) is 6.92 Å². The van der Waals surface area contributed by atoms with Crippen molar-refractivity contribution in [1.29, 1.82) is 0 Å². The van der Waals surface area contributed by atoms with Gasteiger partial charge in [-0.2, -0.15) is 0 Å². The van der Waals surface area contributed by atoms with Crippen molar-refractivity contribution >= 4 is 24.3 Å². The molecule has 0 aromatic heterocycles. The average molecular weight is 252 g/mol. The Morgan fingerprint density at radius 1 is 1.50 bits per heavy atom. The zero-order valence-electron chi connectivity index (χ0n) is 9.35. The third-order valence-electron chi connectivity index (χ3n) is 2.56. The summed E-state index contributed by atoms with van der Waals surface area (Å²) in [6.07, 6.45) is 1.84. The van der Waals surface area contributed by atoms with E-state index in [0.717, 1.165) is 13.0 Å². The van der Waals surface area contributed by atoms with E-state index in [0.29, 0.717) is 19.6 Å². The predicted octanol–water partition coefficient (Wildman–Crippen LogP) is 0.910. The topological polar surface area (TPSA) is 66.8 Å². The largest absolute Gasteiger partial charge is 0.480 e. The normalized spacial score (nSPS) is 20.2. The Morgan fingerprint density at radius 3 is 2.75 bits per heavy atom. The highest BCUT2D eigenvalue weighted by Crippen LogP contribution is 2.17. The molecule has 0 aromatic carbocycles. The molecule has 16 heavy (non-hydrogen) atoms. The molecule has 94 valence electrons. The molecule has 0 amide bonds. The summed E-state index contributed by atoms with van der Waals surface area (Å²) >= 11 is 0. The van der Waals surface area contributed by atoms with Crippen LogP contribution in [0.3, 0.4) is 0 Å². The van der Waals surface area contributed by atoms with Crippen molar-refractivity contribution < 1.29 is 19.4 Å². The number of carboxylic acids is 1. The molecule has 5 nitrogen and oxygen atoms in total. The average Bonchev–Trinajstić information content (AvgIpc) is 2.63. The summed E-state index contributed by atoms with van der Waals surface area (Å²) in [6.45, 7) is 3.38. The molecule has 1 saturated heterocycles. The van der Waals surface area contributed by atoms with E-state index in [2.05, 4.69) is 0 Å². The van der Waals surface area contributed by atoms with Gasteiger partial charge in [0.05, 0.1) is 13.0 Å². The second-order valence-corrected chi connectivity index (χ2v) is 3.59. The van der Waals surface area contributed by atoms with Crippen LogP contribution in [0.4, 0.5) is 0 Å². The monoisotopic (exact) mass is 251 g/mol. The molecule has 0 bridgehead atoms. The highest BCUT2D eigenvalue weighted by Gasteiger charge is 2.30. The lowest BCUT2D eigenvalue weighted by Gasteiger charge is -2.20. The first-order valence-electron chi connectivity index (χ1n) is 5.27. The first kappa shape index (κ1) is 15.2. The zero-order valence-corrected chi connectivity index (χ0v) is 10.2. The molecule has 0 unspecified atom stereocenters. The van der Waals surface area contributed by atoms with E-state index in [1.807, 2.05) is 4.90 Å². The number of likely N-dealkylation sites (tertiary alicyclic amines) is 1. The number of carboxylic acid groups (broad SMARTS) is 1. The molecule has 1 heterocycles. The molecule has 1 fully saturated rings. The van der Waals surface area contributed by atoms with Crippen LogP contribution in [0.1, 0.15) is 26.2 Å². The minimum Gasteiger partial charge on any atom is -0.480 e. The van der Waals surface area contributed by atoms with Gasteiger partial charge in [0.15, 0.2) is 0 Å². The highest BCUT2D eigenvalue weighted by atomic mass is 35.5. The van der Waals surface area contributed by atoms with Crippen LogP contribution >= 0.6 is 12.4 Å². The van der Waals surface area contributed by atoms with Crippen LogP contribution < -0.4 is 0 Å². The Labute approximate surface area is 101 Å². The van der Waals surface area contributed by atoms with Crippen LogP contribution in [0, 0.1) is 0 Å². The van der Waals surface area contributed by atoms with Crippen LogP contribution in [0.2, 0.25) is 0 Å². The number of carbonyl (C=O) groups is 2. The van der Waals surface area contributed by atoms with Crippen molar-refractivity contribution in [3.05, 3.63) is 0 Å². The number of hydrogen-bond donors (Lipinski definition) is 1. The molecule has 1 aliphatic heterocycles. The number of carbonyl (C=O) groups excluding carboxylic acids is 1. The zero-order chi connectivity index (χ0) is 11.3. The number of aliphatic carboxylic acids is 1. The smallest absolute Gasteiger partial charge is 0.320 e. The maximum Gasteiger partial charge on any atom is 0.320 e. The molecule has 0 aromatic rings. The number of ether oxygens (including phenoxy) is 1. The number of nitrogens with zero attached hydrogens (tertiary/aromatic N) is 1. The van der Waals surface area contributed by atoms with E-state index in [4.69, 9.17) is 9.84 Å². The number of hydrogen-bond acceptors (Lipinski definition) is 4. The van der Waals surface area contributed by atoms with E-state index >= 15 is 0 Å². The van der Waals surface area contributed by atoms with Gasteiger partial charge in [-0.3, -0.25) is 14.5 Å². The summed E-state index contributed by atoms with van der Waals surface area (Å²) in [5.41, 5.74) is 0. The molecule has 0 spiro atoms. The van der Waals surface area contributed by atoms with Crippen molar-refractivity contribution in [2.45, 2.75) is 32.2 Å². The molecule has 1 atom stereocenters.